The number of hydrogen-bond acceptors (Lipinski definition) is 5. The monoisotopic (exact) mass is 199 g/mol. The minimum Gasteiger partial charge on any atom is -0.399 e. The van der Waals surface area contributed by atoms with Crippen LogP contribution in [0.25, 0.3) is 0 Å². The molecular formula is C8H13N3O3. The fourth-order valence-corrected chi connectivity index (χ4v) is 2.37. The van der Waals surface area contributed by atoms with Crippen molar-refractivity contribution in [1.29, 1.82) is 0 Å². The molecule has 2 aliphatic rings. The van der Waals surface area contributed by atoms with E-state index in [-0.39, 0.29) is 16.7 Å². The van der Waals surface area contributed by atoms with Crippen LogP contribution in [0, 0.1) is 10.1 Å². The van der Waals surface area contributed by atoms with Gasteiger partial charge in [-0.25, -0.2) is 0 Å². The Balaban J connectivity index is 2.42. The predicted octanol–water partition coefficient (Wildman–Crippen LogP) is -0.729. The summed E-state index contributed by atoms with van der Waals surface area (Å²) in [6.07, 6.45) is 2.45. The quantitative estimate of drug-likeness (QED) is 0.429. The van der Waals surface area contributed by atoms with Crippen molar-refractivity contribution >= 4 is 0 Å². The SMILES string of the molecule is CN1[C@H]2CC[C@]1(O)C(N)=CC2[N+](=O)[O-]. The third-order valence-corrected chi connectivity index (χ3v) is 3.32. The third-order valence-electron chi connectivity index (χ3n) is 3.32. The van der Waals surface area contributed by atoms with Crippen LogP contribution in [-0.2, 0) is 0 Å². The van der Waals surface area contributed by atoms with E-state index in [4.69, 9.17) is 5.73 Å². The van der Waals surface area contributed by atoms with Crippen molar-refractivity contribution in [3.05, 3.63) is 21.9 Å². The number of nitro groups is 1. The minimum atomic E-state index is -1.16. The van der Waals surface area contributed by atoms with Crippen LogP contribution in [0.3, 0.4) is 0 Å². The molecule has 0 aliphatic carbocycles. The second-order valence-electron chi connectivity index (χ2n) is 3.93. The summed E-state index contributed by atoms with van der Waals surface area (Å²) in [6.45, 7) is 0. The van der Waals surface area contributed by atoms with E-state index in [0.717, 1.165) is 0 Å². The number of likely N-dealkylation sites (N-methyl/N-ethyl adjacent to an activating group) is 1. The van der Waals surface area contributed by atoms with Gasteiger partial charge < -0.3 is 10.8 Å². The van der Waals surface area contributed by atoms with Crippen LogP contribution in [0.2, 0.25) is 0 Å². The van der Waals surface area contributed by atoms with Crippen LogP contribution in [0.15, 0.2) is 11.8 Å². The van der Waals surface area contributed by atoms with Crippen molar-refractivity contribution in [2.24, 2.45) is 5.73 Å². The molecule has 14 heavy (non-hydrogen) atoms. The Labute approximate surface area is 81.1 Å². The van der Waals surface area contributed by atoms with Gasteiger partial charge in [-0.2, -0.15) is 0 Å². The van der Waals surface area contributed by atoms with Crippen molar-refractivity contribution in [3.63, 3.8) is 0 Å². The van der Waals surface area contributed by atoms with E-state index < -0.39 is 11.8 Å². The topological polar surface area (TPSA) is 92.6 Å². The Morgan fingerprint density at radius 2 is 2.50 bits per heavy atom. The number of aliphatic hydroxyl groups is 1. The van der Waals surface area contributed by atoms with Gasteiger partial charge in [0.05, 0.1) is 11.7 Å². The molecule has 0 aromatic rings. The highest BCUT2D eigenvalue weighted by Gasteiger charge is 2.54. The van der Waals surface area contributed by atoms with Crippen LogP contribution >= 0.6 is 0 Å². The summed E-state index contributed by atoms with van der Waals surface area (Å²) < 4.78 is 0. The molecule has 2 rings (SSSR count). The molecule has 0 radical (unpaired) electrons. The molecule has 6 heteroatoms. The molecule has 0 spiro atoms. The number of nitrogens with two attached hydrogens (primary N) is 1. The fraction of sp³-hybridized carbons (Fsp3) is 0.750. The Kier molecular flexibility index (Phi) is 1.80. The van der Waals surface area contributed by atoms with Gasteiger partial charge in [-0.15, -0.1) is 0 Å². The second kappa shape index (κ2) is 2.68. The van der Waals surface area contributed by atoms with E-state index in [1.165, 1.54) is 6.08 Å². The van der Waals surface area contributed by atoms with Gasteiger partial charge >= 0.3 is 0 Å². The first-order valence-corrected chi connectivity index (χ1v) is 4.53. The zero-order valence-corrected chi connectivity index (χ0v) is 7.88. The zero-order chi connectivity index (χ0) is 10.5. The molecule has 0 amide bonds. The van der Waals surface area contributed by atoms with Crippen molar-refractivity contribution in [3.8, 4) is 0 Å². The van der Waals surface area contributed by atoms with Gasteiger partial charge in [-0.3, -0.25) is 15.0 Å². The lowest BCUT2D eigenvalue weighted by molar-refractivity contribution is -0.518. The van der Waals surface area contributed by atoms with Crippen LogP contribution in [-0.4, -0.2) is 39.8 Å². The normalized spacial score (nSPS) is 42.3. The average Bonchev–Trinajstić information content (AvgIpc) is 2.31. The average molecular weight is 199 g/mol. The summed E-state index contributed by atoms with van der Waals surface area (Å²) in [7, 11) is 1.67. The summed E-state index contributed by atoms with van der Waals surface area (Å²) in [5.74, 6) is 0. The maximum atomic E-state index is 10.7. The van der Waals surface area contributed by atoms with E-state index in [1.807, 2.05) is 0 Å². The lowest BCUT2D eigenvalue weighted by Crippen LogP contribution is -2.56. The molecule has 6 nitrogen and oxygen atoms in total. The van der Waals surface area contributed by atoms with Gasteiger partial charge in [0, 0.05) is 11.0 Å². The number of nitrogens with zero attached hydrogens (tertiary/aromatic N) is 2. The first-order valence-electron chi connectivity index (χ1n) is 4.53. The maximum Gasteiger partial charge on any atom is 0.248 e. The predicted molar refractivity (Wildman–Crippen MR) is 48.8 cm³/mol. The van der Waals surface area contributed by atoms with E-state index in [1.54, 1.807) is 11.9 Å². The van der Waals surface area contributed by atoms with Crippen LogP contribution in [0.5, 0.6) is 0 Å². The third kappa shape index (κ3) is 0.978. The van der Waals surface area contributed by atoms with E-state index >= 15 is 0 Å². The molecule has 2 aliphatic heterocycles. The molecule has 3 atom stereocenters. The smallest absolute Gasteiger partial charge is 0.248 e. The molecule has 2 heterocycles. The van der Waals surface area contributed by atoms with Gasteiger partial charge in [0.2, 0.25) is 6.04 Å². The summed E-state index contributed by atoms with van der Waals surface area (Å²) in [4.78, 5) is 12.0. The Morgan fingerprint density at radius 3 is 3.07 bits per heavy atom. The zero-order valence-electron chi connectivity index (χ0n) is 7.88. The number of rotatable bonds is 1. The molecule has 0 aromatic heterocycles. The lowest BCUT2D eigenvalue weighted by atomic mass is 10.0. The highest BCUT2D eigenvalue weighted by Crippen LogP contribution is 2.40. The Hall–Kier alpha value is -1.14. The molecule has 1 fully saturated rings. The summed E-state index contributed by atoms with van der Waals surface area (Å²) in [5, 5.41) is 20.8. The first kappa shape index (κ1) is 9.42. The number of fused-ring (bicyclic) bond motifs is 2. The first-order chi connectivity index (χ1) is 6.47. The second-order valence-corrected chi connectivity index (χ2v) is 3.93. The molecule has 2 bridgehead atoms. The largest absolute Gasteiger partial charge is 0.399 e. The molecule has 0 aromatic carbocycles. The molecular weight excluding hydrogens is 186 g/mol. The van der Waals surface area contributed by atoms with E-state index in [9.17, 15) is 15.2 Å². The highest BCUT2D eigenvalue weighted by atomic mass is 16.6. The van der Waals surface area contributed by atoms with E-state index in [0.29, 0.717) is 12.8 Å². The van der Waals surface area contributed by atoms with Crippen molar-refractivity contribution in [2.45, 2.75) is 30.7 Å². The molecule has 0 saturated carbocycles. The summed E-state index contributed by atoms with van der Waals surface area (Å²) in [6, 6.07) is -1.02. The summed E-state index contributed by atoms with van der Waals surface area (Å²) >= 11 is 0. The van der Waals surface area contributed by atoms with Crippen LogP contribution in [0.1, 0.15) is 12.8 Å². The van der Waals surface area contributed by atoms with Crippen molar-refractivity contribution < 1.29 is 10.0 Å². The number of hydrogen-bond donors (Lipinski definition) is 2. The standard InChI is InChI=1S/C8H13N3O3/c1-10-5-2-3-8(10,12)7(9)4-6(5)11(13)14/h4-6,12H,2-3,9H2,1H3/t5-,6?,8-/m0/s1. The van der Waals surface area contributed by atoms with E-state index in [2.05, 4.69) is 0 Å². The van der Waals surface area contributed by atoms with Gasteiger partial charge in [-0.1, -0.05) is 0 Å². The molecule has 1 saturated heterocycles. The van der Waals surface area contributed by atoms with Gasteiger partial charge in [-0.05, 0) is 19.9 Å². The Bertz CT molecular complexity index is 317. The van der Waals surface area contributed by atoms with Crippen LogP contribution < -0.4 is 5.73 Å². The van der Waals surface area contributed by atoms with Crippen molar-refractivity contribution in [1.82, 2.24) is 4.90 Å². The highest BCUT2D eigenvalue weighted by molar-refractivity contribution is 5.24. The lowest BCUT2D eigenvalue weighted by Gasteiger charge is -2.37. The summed E-state index contributed by atoms with van der Waals surface area (Å²) in [5.41, 5.74) is 4.68. The maximum absolute atomic E-state index is 10.7. The molecule has 78 valence electrons. The molecule has 1 unspecified atom stereocenters. The van der Waals surface area contributed by atoms with Crippen molar-refractivity contribution in [2.75, 3.05) is 7.05 Å². The van der Waals surface area contributed by atoms with Gasteiger partial charge in [0.25, 0.3) is 0 Å². The van der Waals surface area contributed by atoms with Crippen LogP contribution in [0.4, 0.5) is 0 Å². The Morgan fingerprint density at radius 1 is 1.86 bits per heavy atom. The molecule has 3 N–H and O–H groups in total. The minimum absolute atomic E-state index is 0.204. The fourth-order valence-electron chi connectivity index (χ4n) is 2.37. The van der Waals surface area contributed by atoms with Gasteiger partial charge in [0.1, 0.15) is 0 Å². The van der Waals surface area contributed by atoms with Gasteiger partial charge in [0.15, 0.2) is 5.72 Å².